The molecule has 0 bridgehead atoms. The first-order valence-electron chi connectivity index (χ1n) is 11.3. The number of halogens is 1. The Labute approximate surface area is 210 Å². The van der Waals surface area contributed by atoms with Crippen molar-refractivity contribution in [2.45, 2.75) is 24.7 Å². The molecule has 0 saturated carbocycles. The summed E-state index contributed by atoms with van der Waals surface area (Å²) in [5.41, 5.74) is 1.20. The van der Waals surface area contributed by atoms with Crippen molar-refractivity contribution < 1.29 is 9.59 Å². The third-order valence-corrected chi connectivity index (χ3v) is 7.51. The van der Waals surface area contributed by atoms with Gasteiger partial charge in [0, 0.05) is 59.1 Å². The number of carbonyl (C=O) groups excluding carboxylic acids is 2. The number of Topliss-reactive ketones (excluding diaryl/α,β-unsaturated/α-hetero) is 1. The molecule has 2 aromatic heterocycles. The Hall–Kier alpha value is -3.96. The van der Waals surface area contributed by atoms with Crippen LogP contribution in [-0.4, -0.2) is 28.3 Å². The highest BCUT2D eigenvalue weighted by Gasteiger charge is 2.62. The molecule has 1 spiro atoms. The number of anilines is 2. The molecule has 0 N–H and O–H groups in total. The Morgan fingerprint density at radius 3 is 2.54 bits per heavy atom. The van der Waals surface area contributed by atoms with Gasteiger partial charge in [0.15, 0.2) is 5.78 Å². The zero-order chi connectivity index (χ0) is 24.3. The predicted molar refractivity (Wildman–Crippen MR) is 135 cm³/mol. The lowest BCUT2D eigenvalue weighted by atomic mass is 9.63. The maximum atomic E-state index is 14.2. The lowest BCUT2D eigenvalue weighted by molar-refractivity contribution is -0.123. The molecule has 0 saturated heterocycles. The molecule has 3 aromatic rings. The minimum Gasteiger partial charge on any atom is -0.314 e. The zero-order valence-electron chi connectivity index (χ0n) is 18.9. The number of ketones is 1. The second-order valence-electron chi connectivity index (χ2n) is 8.80. The van der Waals surface area contributed by atoms with Crippen LogP contribution in [-0.2, 0) is 15.0 Å². The van der Waals surface area contributed by atoms with Gasteiger partial charge in [-0.1, -0.05) is 18.2 Å². The van der Waals surface area contributed by atoms with E-state index in [9.17, 15) is 14.9 Å². The van der Waals surface area contributed by atoms with E-state index in [4.69, 9.17) is 0 Å². The lowest BCUT2D eigenvalue weighted by Gasteiger charge is -2.44. The minimum atomic E-state index is -1.50. The van der Waals surface area contributed by atoms with Crippen LogP contribution in [0, 0.1) is 11.3 Å². The summed E-state index contributed by atoms with van der Waals surface area (Å²) in [6, 6.07) is 17.3. The van der Waals surface area contributed by atoms with E-state index in [0.29, 0.717) is 47.7 Å². The zero-order valence-corrected chi connectivity index (χ0v) is 20.5. The number of carbonyl (C=O) groups is 2. The molecule has 0 fully saturated rings. The highest BCUT2D eigenvalue weighted by Crippen LogP contribution is 2.57. The van der Waals surface area contributed by atoms with Crippen molar-refractivity contribution in [3.05, 3.63) is 94.0 Å². The fraction of sp³-hybridized carbons (Fsp3) is 0.185. The van der Waals surface area contributed by atoms with E-state index in [0.717, 1.165) is 10.2 Å². The predicted octanol–water partition coefficient (Wildman–Crippen LogP) is 4.78. The van der Waals surface area contributed by atoms with Gasteiger partial charge in [-0.25, -0.2) is 4.98 Å². The van der Waals surface area contributed by atoms with Crippen molar-refractivity contribution in [3.63, 3.8) is 0 Å². The molecular formula is C27H20BrN5O2. The van der Waals surface area contributed by atoms with Crippen molar-refractivity contribution in [2.24, 2.45) is 0 Å². The van der Waals surface area contributed by atoms with E-state index in [1.807, 2.05) is 70.4 Å². The molecule has 0 unspecified atom stereocenters. The highest BCUT2D eigenvalue weighted by molar-refractivity contribution is 9.10. The van der Waals surface area contributed by atoms with Crippen LogP contribution in [0.2, 0.25) is 0 Å². The Morgan fingerprint density at radius 1 is 1.06 bits per heavy atom. The van der Waals surface area contributed by atoms with Crippen LogP contribution in [0.15, 0.2) is 88.4 Å². The molecule has 7 nitrogen and oxygen atoms in total. The molecule has 6 rings (SSSR count). The minimum absolute atomic E-state index is 0.105. The van der Waals surface area contributed by atoms with Crippen molar-refractivity contribution in [2.75, 3.05) is 16.8 Å². The Bertz CT molecular complexity index is 1500. The first kappa shape index (κ1) is 21.6. The number of allylic oxidation sites excluding steroid dienone is 1. The number of benzene rings is 1. The molecule has 0 radical (unpaired) electrons. The molecule has 172 valence electrons. The number of likely N-dealkylation sites (N-methyl/N-ethyl adjacent to an activating group) is 1. The number of amides is 1. The van der Waals surface area contributed by atoms with Gasteiger partial charge in [-0.3, -0.25) is 14.5 Å². The van der Waals surface area contributed by atoms with Crippen LogP contribution in [0.25, 0.3) is 5.82 Å². The summed E-state index contributed by atoms with van der Waals surface area (Å²) in [6.07, 6.45) is 6.96. The summed E-state index contributed by atoms with van der Waals surface area (Å²) in [4.78, 5) is 36.0. The molecule has 1 aromatic carbocycles. The van der Waals surface area contributed by atoms with Crippen molar-refractivity contribution in [3.8, 4) is 6.07 Å². The standard InChI is InChI=1S/C27H20BrN5O2/c1-31-20-8-3-2-7-18(20)27(26(31)35)19(15-29)25(32-13-4-5-14-32)33(23-12-11-17(28)16-30-23)21-9-6-10-22(34)24(21)27/h2-5,7-8,11-14,16H,6,9-10H2,1H3/t27-/m1/s1. The van der Waals surface area contributed by atoms with Crippen molar-refractivity contribution >= 4 is 44.9 Å². The molecule has 4 heterocycles. The maximum absolute atomic E-state index is 14.2. The van der Waals surface area contributed by atoms with Crippen LogP contribution >= 0.6 is 15.9 Å². The van der Waals surface area contributed by atoms with E-state index in [-0.39, 0.29) is 17.3 Å². The first-order chi connectivity index (χ1) is 17.0. The smallest absolute Gasteiger partial charge is 0.247 e. The Balaban J connectivity index is 1.79. The van der Waals surface area contributed by atoms with Gasteiger partial charge >= 0.3 is 0 Å². The van der Waals surface area contributed by atoms with Gasteiger partial charge in [-0.05, 0) is 59.1 Å². The molecule has 3 aliphatic rings. The molecule has 35 heavy (non-hydrogen) atoms. The summed E-state index contributed by atoms with van der Waals surface area (Å²) in [6.45, 7) is 0. The largest absolute Gasteiger partial charge is 0.314 e. The van der Waals surface area contributed by atoms with Gasteiger partial charge in [0.25, 0.3) is 0 Å². The topological polar surface area (TPSA) is 82.2 Å². The summed E-state index contributed by atoms with van der Waals surface area (Å²) in [7, 11) is 1.70. The summed E-state index contributed by atoms with van der Waals surface area (Å²) >= 11 is 3.44. The van der Waals surface area contributed by atoms with Crippen molar-refractivity contribution in [1.82, 2.24) is 9.55 Å². The van der Waals surface area contributed by atoms with Crippen LogP contribution in [0.3, 0.4) is 0 Å². The number of nitrogens with zero attached hydrogens (tertiary/aromatic N) is 5. The van der Waals surface area contributed by atoms with E-state index < -0.39 is 5.41 Å². The van der Waals surface area contributed by atoms with Gasteiger partial charge < -0.3 is 9.47 Å². The maximum Gasteiger partial charge on any atom is 0.247 e. The number of hydrogen-bond acceptors (Lipinski definition) is 5. The third-order valence-electron chi connectivity index (χ3n) is 7.04. The number of rotatable bonds is 2. The van der Waals surface area contributed by atoms with E-state index in [1.165, 1.54) is 0 Å². The average molecular weight is 526 g/mol. The fourth-order valence-electron chi connectivity index (χ4n) is 5.65. The second kappa shape index (κ2) is 7.79. The molecule has 8 heteroatoms. The monoisotopic (exact) mass is 525 g/mol. The highest BCUT2D eigenvalue weighted by atomic mass is 79.9. The quantitative estimate of drug-likeness (QED) is 0.480. The van der Waals surface area contributed by atoms with Gasteiger partial charge in [0.05, 0.1) is 5.57 Å². The average Bonchev–Trinajstić information content (AvgIpc) is 3.48. The van der Waals surface area contributed by atoms with Crippen LogP contribution < -0.4 is 9.80 Å². The second-order valence-corrected chi connectivity index (χ2v) is 9.72. The number of fused-ring (bicyclic) bond motifs is 3. The lowest BCUT2D eigenvalue weighted by Crippen LogP contribution is -2.51. The van der Waals surface area contributed by atoms with Crippen LogP contribution in [0.1, 0.15) is 24.8 Å². The van der Waals surface area contributed by atoms with Gasteiger partial charge in [0.1, 0.15) is 23.1 Å². The number of hydrogen-bond donors (Lipinski definition) is 0. The van der Waals surface area contributed by atoms with E-state index in [1.54, 1.807) is 18.1 Å². The number of para-hydroxylation sites is 1. The molecule has 1 aliphatic carbocycles. The van der Waals surface area contributed by atoms with Gasteiger partial charge in [-0.2, -0.15) is 5.26 Å². The fourth-order valence-corrected chi connectivity index (χ4v) is 5.89. The van der Waals surface area contributed by atoms with Gasteiger partial charge in [-0.15, -0.1) is 0 Å². The molecular weight excluding hydrogens is 506 g/mol. The summed E-state index contributed by atoms with van der Waals surface area (Å²) < 4.78 is 2.65. The SMILES string of the molecule is CN1C(=O)[C@@]2(C(C#N)=C(n3cccc3)N(c3ccc(Br)cn3)C3=C2C(=O)CCC3)c2ccccc21. The normalized spacial score (nSPS) is 21.5. The van der Waals surface area contributed by atoms with Crippen molar-refractivity contribution in [1.29, 1.82) is 5.26 Å². The molecule has 1 atom stereocenters. The number of aromatic nitrogens is 2. The summed E-state index contributed by atoms with van der Waals surface area (Å²) in [5, 5.41) is 10.7. The van der Waals surface area contributed by atoms with Crippen LogP contribution in [0.4, 0.5) is 11.5 Å². The summed E-state index contributed by atoms with van der Waals surface area (Å²) in [5.74, 6) is 0.699. The number of nitriles is 1. The molecule has 1 amide bonds. The van der Waals surface area contributed by atoms with E-state index >= 15 is 0 Å². The molecule has 2 aliphatic heterocycles. The van der Waals surface area contributed by atoms with Crippen LogP contribution in [0.5, 0.6) is 0 Å². The van der Waals surface area contributed by atoms with Gasteiger partial charge in [0.2, 0.25) is 5.91 Å². The Morgan fingerprint density at radius 2 is 1.83 bits per heavy atom. The first-order valence-corrected chi connectivity index (χ1v) is 12.1. The Kier molecular flexibility index (Phi) is 4.80. The van der Waals surface area contributed by atoms with E-state index in [2.05, 4.69) is 27.0 Å². The third kappa shape index (κ3) is 2.79. The number of pyridine rings is 1.